The molecule has 1 atom stereocenters. The van der Waals surface area contributed by atoms with Gasteiger partial charge in [-0.15, -0.1) is 0 Å². The molecule has 2 N–H and O–H groups in total. The highest BCUT2D eigenvalue weighted by molar-refractivity contribution is 9.11. The minimum Gasteiger partial charge on any atom is -0.488 e. The number of pyridine rings is 1. The first-order valence-electron chi connectivity index (χ1n) is 9.95. The molecule has 1 aromatic heterocycles. The van der Waals surface area contributed by atoms with E-state index in [1.165, 1.54) is 0 Å². The Balaban J connectivity index is 1.44. The number of rotatable bonds is 7. The second-order valence-electron chi connectivity index (χ2n) is 8.11. The monoisotopic (exact) mass is 491 g/mol. The lowest BCUT2D eigenvalue weighted by Crippen LogP contribution is -2.34. The third-order valence-electron chi connectivity index (χ3n) is 4.31. The van der Waals surface area contributed by atoms with Crippen LogP contribution < -0.4 is 15.4 Å². The summed E-state index contributed by atoms with van der Waals surface area (Å²) < 4.78 is 17.6. The number of hydrogen-bond donors (Lipinski definition) is 2. The smallest absolute Gasteiger partial charge is 0.407 e. The molecule has 166 valence electrons. The van der Waals surface area contributed by atoms with Crippen molar-refractivity contribution in [1.29, 1.82) is 0 Å². The number of amides is 2. The number of carbonyl (C=O) groups excluding carboxylic acids is 2. The molecule has 0 radical (unpaired) electrons. The summed E-state index contributed by atoms with van der Waals surface area (Å²) >= 11 is 3.49. The molecule has 2 aliphatic rings. The highest BCUT2D eigenvalue weighted by Gasteiger charge is 2.27. The molecule has 8 nitrogen and oxygen atoms in total. The van der Waals surface area contributed by atoms with Crippen molar-refractivity contribution in [2.24, 2.45) is 5.92 Å². The van der Waals surface area contributed by atoms with Gasteiger partial charge in [-0.25, -0.2) is 4.79 Å². The fourth-order valence-electron chi connectivity index (χ4n) is 2.98. The van der Waals surface area contributed by atoms with E-state index in [1.54, 1.807) is 39.2 Å². The van der Waals surface area contributed by atoms with Crippen molar-refractivity contribution in [2.75, 3.05) is 13.2 Å². The van der Waals surface area contributed by atoms with Crippen molar-refractivity contribution in [3.05, 3.63) is 58.2 Å². The number of ether oxygens (including phenoxy) is 3. The highest BCUT2D eigenvalue weighted by atomic mass is 79.9. The molecule has 1 aliphatic carbocycles. The van der Waals surface area contributed by atoms with Gasteiger partial charge in [-0.3, -0.25) is 9.78 Å². The van der Waals surface area contributed by atoms with E-state index in [4.69, 9.17) is 14.2 Å². The Morgan fingerprint density at radius 3 is 2.81 bits per heavy atom. The molecule has 9 heteroatoms. The normalized spacial score (nSPS) is 18.0. The van der Waals surface area contributed by atoms with Crippen LogP contribution in [0.25, 0.3) is 0 Å². The van der Waals surface area contributed by atoms with Crippen LogP contribution in [0.5, 0.6) is 5.75 Å². The second-order valence-corrected chi connectivity index (χ2v) is 9.13. The van der Waals surface area contributed by atoms with E-state index in [0.717, 1.165) is 22.2 Å². The predicted molar refractivity (Wildman–Crippen MR) is 118 cm³/mol. The first-order valence-corrected chi connectivity index (χ1v) is 10.7. The van der Waals surface area contributed by atoms with Crippen molar-refractivity contribution in [1.82, 2.24) is 15.6 Å². The topological polar surface area (TPSA) is 98.8 Å². The molecular formula is C22H26BrN3O5. The number of alkyl carbamates (subject to hydrolysis) is 1. The predicted octanol–water partition coefficient (Wildman–Crippen LogP) is 3.70. The van der Waals surface area contributed by atoms with Crippen LogP contribution in [0.15, 0.2) is 52.6 Å². The Bertz CT molecular complexity index is 933. The number of carbonyl (C=O) groups is 2. The quantitative estimate of drug-likeness (QED) is 0.564. The summed E-state index contributed by atoms with van der Waals surface area (Å²) in [6.45, 7) is 6.13. The van der Waals surface area contributed by atoms with E-state index in [0.29, 0.717) is 11.5 Å². The summed E-state index contributed by atoms with van der Waals surface area (Å²) in [6, 6.07) is 1.78. The molecule has 0 spiro atoms. The summed E-state index contributed by atoms with van der Waals surface area (Å²) in [5, 5.41) is 5.54. The van der Waals surface area contributed by atoms with E-state index in [9.17, 15) is 9.59 Å². The Morgan fingerprint density at radius 2 is 2.03 bits per heavy atom. The Hall–Kier alpha value is -2.81. The Kier molecular flexibility index (Phi) is 7.37. The number of hydrogen-bond acceptors (Lipinski definition) is 6. The van der Waals surface area contributed by atoms with E-state index < -0.39 is 11.7 Å². The van der Waals surface area contributed by atoms with E-state index in [-0.39, 0.29) is 31.6 Å². The molecule has 0 fully saturated rings. The maximum absolute atomic E-state index is 12.2. The van der Waals surface area contributed by atoms with Crippen LogP contribution in [0.3, 0.4) is 0 Å². The number of nitrogens with one attached hydrogen (secondary N) is 2. The van der Waals surface area contributed by atoms with Gasteiger partial charge in [-0.05, 0) is 55.5 Å². The molecule has 1 aromatic rings. The van der Waals surface area contributed by atoms with Crippen molar-refractivity contribution in [3.8, 4) is 5.75 Å². The number of halogens is 1. The Morgan fingerprint density at radius 1 is 1.26 bits per heavy atom. The van der Waals surface area contributed by atoms with Gasteiger partial charge in [0.25, 0.3) is 5.91 Å². The van der Waals surface area contributed by atoms with Crippen molar-refractivity contribution in [2.45, 2.75) is 39.3 Å². The fourth-order valence-corrected chi connectivity index (χ4v) is 3.46. The van der Waals surface area contributed by atoms with Crippen LogP contribution in [0.1, 0.15) is 32.8 Å². The average Bonchev–Trinajstić information content (AvgIpc) is 2.69. The summed E-state index contributed by atoms with van der Waals surface area (Å²) in [5.74, 6) is 0.666. The van der Waals surface area contributed by atoms with Crippen LogP contribution in [-0.4, -0.2) is 35.8 Å². The molecule has 0 saturated heterocycles. The van der Waals surface area contributed by atoms with Crippen LogP contribution in [0.2, 0.25) is 0 Å². The molecule has 3 rings (SSSR count). The highest BCUT2D eigenvalue weighted by Crippen LogP contribution is 2.31. The van der Waals surface area contributed by atoms with Gasteiger partial charge in [-0.1, -0.05) is 22.0 Å². The van der Waals surface area contributed by atoms with Gasteiger partial charge >= 0.3 is 6.09 Å². The van der Waals surface area contributed by atoms with E-state index in [1.807, 2.05) is 18.2 Å². The lowest BCUT2D eigenvalue weighted by Gasteiger charge is -2.26. The van der Waals surface area contributed by atoms with Crippen molar-refractivity contribution >= 4 is 27.9 Å². The largest absolute Gasteiger partial charge is 0.488 e. The van der Waals surface area contributed by atoms with Crippen LogP contribution in [0.4, 0.5) is 4.79 Å². The van der Waals surface area contributed by atoms with Crippen LogP contribution in [0, 0.1) is 5.92 Å². The lowest BCUT2D eigenvalue weighted by molar-refractivity contribution is -0.121. The Labute approximate surface area is 189 Å². The number of nitrogens with zero attached hydrogens (tertiary/aromatic N) is 1. The number of fused-ring (bicyclic) bond motifs is 1. The molecule has 0 aromatic carbocycles. The van der Waals surface area contributed by atoms with Gasteiger partial charge in [0.1, 0.15) is 24.6 Å². The van der Waals surface area contributed by atoms with Gasteiger partial charge in [0, 0.05) is 24.4 Å². The third kappa shape index (κ3) is 7.13. The van der Waals surface area contributed by atoms with Crippen LogP contribution in [-0.2, 0) is 20.8 Å². The maximum Gasteiger partial charge on any atom is 0.407 e. The zero-order valence-corrected chi connectivity index (χ0v) is 19.3. The van der Waals surface area contributed by atoms with Crippen molar-refractivity contribution < 1.29 is 23.8 Å². The standard InChI is InChI=1S/C22H26BrN3O5/c1-22(2,3)31-21(28)25-12-14-8-17(13-24-11-14)29-6-7-30-19-10-15-9-16(23)4-5-18(15)26-20(19)27/h4-5,8,10-11,13,15H,6-7,9,12H2,1-3H3,(H,25,28)(H,26,27). The van der Waals surface area contributed by atoms with E-state index in [2.05, 4.69) is 31.5 Å². The van der Waals surface area contributed by atoms with Gasteiger partial charge < -0.3 is 24.8 Å². The van der Waals surface area contributed by atoms with Gasteiger partial charge in [-0.2, -0.15) is 0 Å². The van der Waals surface area contributed by atoms with E-state index >= 15 is 0 Å². The second kappa shape index (κ2) is 10.00. The molecule has 2 heterocycles. The zero-order chi connectivity index (χ0) is 22.4. The fraction of sp³-hybridized carbons (Fsp3) is 0.409. The molecule has 1 aliphatic heterocycles. The molecular weight excluding hydrogens is 466 g/mol. The summed E-state index contributed by atoms with van der Waals surface area (Å²) in [7, 11) is 0. The molecule has 2 amide bonds. The van der Waals surface area contributed by atoms with Gasteiger partial charge in [0.05, 0.1) is 6.20 Å². The van der Waals surface area contributed by atoms with Gasteiger partial charge in [0.2, 0.25) is 0 Å². The molecule has 0 bridgehead atoms. The SMILES string of the molecule is CC(C)(C)OC(=O)NCc1cncc(OCCOC2=CC3CC(Br)=CC=C3NC2=O)c1. The minimum absolute atomic E-state index is 0.0892. The lowest BCUT2D eigenvalue weighted by atomic mass is 9.93. The summed E-state index contributed by atoms with van der Waals surface area (Å²) in [6.07, 6.45) is 9.17. The summed E-state index contributed by atoms with van der Waals surface area (Å²) in [4.78, 5) is 28.1. The van der Waals surface area contributed by atoms with Crippen molar-refractivity contribution in [3.63, 3.8) is 0 Å². The summed E-state index contributed by atoms with van der Waals surface area (Å²) in [5.41, 5.74) is 1.09. The zero-order valence-electron chi connectivity index (χ0n) is 17.7. The maximum atomic E-state index is 12.2. The first kappa shape index (κ1) is 22.9. The molecule has 0 saturated carbocycles. The van der Waals surface area contributed by atoms with Gasteiger partial charge in [0.15, 0.2) is 5.76 Å². The average molecular weight is 492 g/mol. The number of allylic oxidation sites excluding steroid dienone is 4. The third-order valence-corrected chi connectivity index (χ3v) is 4.90. The number of aromatic nitrogens is 1. The first-order chi connectivity index (χ1) is 14.7. The minimum atomic E-state index is -0.556. The molecule has 1 unspecified atom stereocenters. The molecule has 31 heavy (non-hydrogen) atoms. The van der Waals surface area contributed by atoms with Crippen LogP contribution >= 0.6 is 15.9 Å².